The van der Waals surface area contributed by atoms with Gasteiger partial charge in [-0.25, -0.2) is 0 Å². The van der Waals surface area contributed by atoms with Gasteiger partial charge < -0.3 is 20.0 Å². The summed E-state index contributed by atoms with van der Waals surface area (Å²) in [5.41, 5.74) is 2.13. The molecule has 1 atom stereocenters. The fourth-order valence-corrected chi connectivity index (χ4v) is 2.13. The molecule has 0 radical (unpaired) electrons. The van der Waals surface area contributed by atoms with Crippen LogP contribution in [0.2, 0.25) is 0 Å². The number of rotatable bonds is 7. The zero-order chi connectivity index (χ0) is 19.1. The van der Waals surface area contributed by atoms with Gasteiger partial charge in [0.15, 0.2) is 5.82 Å². The first-order chi connectivity index (χ1) is 12.4. The molecule has 8 heteroatoms. The normalized spacial score (nSPS) is 12.4. The number of hydrogen-bond acceptors (Lipinski definition) is 6. The number of carbonyl (C=O) groups excluding carboxylic acids is 2. The van der Waals surface area contributed by atoms with E-state index in [9.17, 15) is 9.59 Å². The summed E-state index contributed by atoms with van der Waals surface area (Å²) in [6.45, 7) is 6.79. The highest BCUT2D eigenvalue weighted by molar-refractivity contribution is 5.99. The van der Waals surface area contributed by atoms with E-state index in [0.717, 1.165) is 5.56 Å². The molecule has 2 amide bonds. The molecule has 0 fully saturated rings. The van der Waals surface area contributed by atoms with Gasteiger partial charge in [-0.05, 0) is 38.0 Å². The third-order valence-electron chi connectivity index (χ3n) is 3.48. The molecule has 2 aromatic rings. The van der Waals surface area contributed by atoms with Crippen molar-refractivity contribution in [2.45, 2.75) is 40.2 Å². The van der Waals surface area contributed by atoms with Crippen LogP contribution in [0.15, 0.2) is 40.0 Å². The maximum absolute atomic E-state index is 12.2. The lowest BCUT2D eigenvalue weighted by Gasteiger charge is -2.12. The van der Waals surface area contributed by atoms with E-state index in [1.165, 1.54) is 6.92 Å². The zero-order valence-electron chi connectivity index (χ0n) is 15.2. The molecule has 0 aliphatic rings. The third kappa shape index (κ3) is 5.44. The van der Waals surface area contributed by atoms with Crippen molar-refractivity contribution in [1.29, 1.82) is 0 Å². The standard InChI is InChI=1S/C18H22N4O4/c1-5-16(18(24)20-17-10-11(2)25-22-17)26-21-12(3)14-6-8-15(9-7-14)19-13(4)23/h6-10,16H,5H2,1-4H3,(H,19,23)(H,20,22,24). The van der Waals surface area contributed by atoms with Crippen LogP contribution in [-0.4, -0.2) is 28.8 Å². The molecule has 0 saturated carbocycles. The van der Waals surface area contributed by atoms with Crippen LogP contribution in [0.25, 0.3) is 0 Å². The van der Waals surface area contributed by atoms with Crippen molar-refractivity contribution in [1.82, 2.24) is 5.16 Å². The Balaban J connectivity index is 1.98. The Labute approximate surface area is 151 Å². The van der Waals surface area contributed by atoms with Gasteiger partial charge in [0.1, 0.15) is 5.76 Å². The Morgan fingerprint density at radius 1 is 1.23 bits per heavy atom. The van der Waals surface area contributed by atoms with Crippen LogP contribution in [0.4, 0.5) is 11.5 Å². The molecule has 0 aliphatic carbocycles. The maximum atomic E-state index is 12.2. The monoisotopic (exact) mass is 358 g/mol. The molecule has 1 aromatic carbocycles. The molecule has 2 rings (SSSR count). The van der Waals surface area contributed by atoms with Gasteiger partial charge in [0, 0.05) is 18.7 Å². The molecule has 0 spiro atoms. The SMILES string of the molecule is CCC(ON=C(C)c1ccc(NC(C)=O)cc1)C(=O)Nc1cc(C)on1. The van der Waals surface area contributed by atoms with Gasteiger partial charge in [0.2, 0.25) is 12.0 Å². The van der Waals surface area contributed by atoms with E-state index in [1.807, 2.05) is 19.1 Å². The second-order valence-corrected chi connectivity index (χ2v) is 5.75. The Morgan fingerprint density at radius 2 is 1.92 bits per heavy atom. The fourth-order valence-electron chi connectivity index (χ4n) is 2.13. The lowest BCUT2D eigenvalue weighted by molar-refractivity contribution is -0.127. The first-order valence-electron chi connectivity index (χ1n) is 8.21. The fraction of sp³-hybridized carbons (Fsp3) is 0.333. The molecule has 1 unspecified atom stereocenters. The minimum absolute atomic E-state index is 0.134. The van der Waals surface area contributed by atoms with Gasteiger partial charge in [-0.1, -0.05) is 29.4 Å². The highest BCUT2D eigenvalue weighted by Crippen LogP contribution is 2.12. The van der Waals surface area contributed by atoms with Gasteiger partial charge >= 0.3 is 0 Å². The highest BCUT2D eigenvalue weighted by atomic mass is 16.6. The number of benzene rings is 1. The average molecular weight is 358 g/mol. The summed E-state index contributed by atoms with van der Waals surface area (Å²) in [5, 5.41) is 13.1. The average Bonchev–Trinajstić information content (AvgIpc) is 3.00. The molecule has 8 nitrogen and oxygen atoms in total. The van der Waals surface area contributed by atoms with Crippen LogP contribution in [-0.2, 0) is 14.4 Å². The molecule has 0 aliphatic heterocycles. The predicted octanol–water partition coefficient (Wildman–Crippen LogP) is 3.10. The van der Waals surface area contributed by atoms with Crippen LogP contribution in [0.3, 0.4) is 0 Å². The van der Waals surface area contributed by atoms with E-state index in [-0.39, 0.29) is 11.8 Å². The molecule has 0 bridgehead atoms. The number of aromatic nitrogens is 1. The van der Waals surface area contributed by atoms with Crippen molar-refractivity contribution in [3.63, 3.8) is 0 Å². The summed E-state index contributed by atoms with van der Waals surface area (Å²) in [4.78, 5) is 28.6. The summed E-state index contributed by atoms with van der Waals surface area (Å²) >= 11 is 0. The van der Waals surface area contributed by atoms with E-state index >= 15 is 0 Å². The minimum atomic E-state index is -0.749. The Kier molecular flexibility index (Phi) is 6.48. The molecule has 0 saturated heterocycles. The summed E-state index contributed by atoms with van der Waals surface area (Å²) in [6.07, 6.45) is -0.304. The number of nitrogens with one attached hydrogen (secondary N) is 2. The van der Waals surface area contributed by atoms with Crippen LogP contribution in [0.1, 0.15) is 38.5 Å². The Bertz CT molecular complexity index is 796. The van der Waals surface area contributed by atoms with E-state index < -0.39 is 6.10 Å². The van der Waals surface area contributed by atoms with Crippen molar-refractivity contribution in [3.05, 3.63) is 41.7 Å². The van der Waals surface area contributed by atoms with Gasteiger partial charge in [-0.3, -0.25) is 9.59 Å². The quantitative estimate of drug-likeness (QED) is 0.584. The molecular weight excluding hydrogens is 336 g/mol. The van der Waals surface area contributed by atoms with E-state index in [2.05, 4.69) is 20.9 Å². The third-order valence-corrected chi connectivity index (χ3v) is 3.48. The lowest BCUT2D eigenvalue weighted by atomic mass is 10.1. The lowest BCUT2D eigenvalue weighted by Crippen LogP contribution is -2.29. The van der Waals surface area contributed by atoms with E-state index in [4.69, 9.17) is 9.36 Å². The second kappa shape index (κ2) is 8.80. The van der Waals surface area contributed by atoms with E-state index in [1.54, 1.807) is 32.0 Å². The van der Waals surface area contributed by atoms with Gasteiger partial charge in [0.05, 0.1) is 5.71 Å². The van der Waals surface area contributed by atoms with Crippen molar-refractivity contribution in [2.75, 3.05) is 10.6 Å². The summed E-state index contributed by atoms with van der Waals surface area (Å²) in [6, 6.07) is 8.79. The van der Waals surface area contributed by atoms with Crippen LogP contribution >= 0.6 is 0 Å². The molecule has 138 valence electrons. The number of hydrogen-bond donors (Lipinski definition) is 2. The summed E-state index contributed by atoms with van der Waals surface area (Å²) < 4.78 is 4.91. The number of amides is 2. The molecule has 26 heavy (non-hydrogen) atoms. The molecule has 1 heterocycles. The van der Waals surface area contributed by atoms with Gasteiger partial charge in [0.25, 0.3) is 5.91 Å². The number of oxime groups is 1. The number of carbonyl (C=O) groups is 2. The molecule has 2 N–H and O–H groups in total. The Morgan fingerprint density at radius 3 is 2.46 bits per heavy atom. The number of nitrogens with zero attached hydrogens (tertiary/aromatic N) is 2. The second-order valence-electron chi connectivity index (χ2n) is 5.75. The molecule has 1 aromatic heterocycles. The van der Waals surface area contributed by atoms with Crippen molar-refractivity contribution in [3.8, 4) is 0 Å². The topological polar surface area (TPSA) is 106 Å². The first kappa shape index (κ1) is 19.2. The summed E-state index contributed by atoms with van der Waals surface area (Å²) in [7, 11) is 0. The zero-order valence-corrected chi connectivity index (χ0v) is 15.2. The summed E-state index contributed by atoms with van der Waals surface area (Å²) in [5.74, 6) is 0.457. The first-order valence-corrected chi connectivity index (χ1v) is 8.21. The predicted molar refractivity (Wildman–Crippen MR) is 98.0 cm³/mol. The maximum Gasteiger partial charge on any atom is 0.269 e. The Hall–Kier alpha value is -3.16. The highest BCUT2D eigenvalue weighted by Gasteiger charge is 2.19. The van der Waals surface area contributed by atoms with Crippen molar-refractivity contribution >= 4 is 29.0 Å². The van der Waals surface area contributed by atoms with Crippen LogP contribution in [0, 0.1) is 6.92 Å². The van der Waals surface area contributed by atoms with Crippen LogP contribution < -0.4 is 10.6 Å². The van der Waals surface area contributed by atoms with Crippen LogP contribution in [0.5, 0.6) is 0 Å². The number of aryl methyl sites for hydroxylation is 1. The van der Waals surface area contributed by atoms with Gasteiger partial charge in [-0.2, -0.15) is 0 Å². The minimum Gasteiger partial charge on any atom is -0.382 e. The van der Waals surface area contributed by atoms with Gasteiger partial charge in [-0.15, -0.1) is 0 Å². The molecular formula is C18H22N4O4. The van der Waals surface area contributed by atoms with E-state index in [0.29, 0.717) is 29.4 Å². The van der Waals surface area contributed by atoms with Crippen molar-refractivity contribution < 1.29 is 18.9 Å². The number of anilines is 2. The largest absolute Gasteiger partial charge is 0.382 e. The van der Waals surface area contributed by atoms with Crippen molar-refractivity contribution in [2.24, 2.45) is 5.16 Å². The smallest absolute Gasteiger partial charge is 0.269 e.